The molecule has 0 saturated heterocycles. The van der Waals surface area contributed by atoms with Gasteiger partial charge in [0.1, 0.15) is 5.82 Å². The van der Waals surface area contributed by atoms with E-state index in [2.05, 4.69) is 26.2 Å². The maximum atomic E-state index is 12.4. The van der Waals surface area contributed by atoms with Crippen LogP contribution < -0.4 is 5.32 Å². The maximum absolute atomic E-state index is 12.4. The molecule has 1 N–H and O–H groups in total. The van der Waals surface area contributed by atoms with Crippen LogP contribution in [0.2, 0.25) is 0 Å². The number of carbonyl (C=O) groups excluding carboxylic acids is 1. The topological polar surface area (TPSA) is 64.7 Å². The van der Waals surface area contributed by atoms with Gasteiger partial charge in [-0.15, -0.1) is 0 Å². The van der Waals surface area contributed by atoms with Gasteiger partial charge < -0.3 is 9.88 Å². The van der Waals surface area contributed by atoms with Gasteiger partial charge in [0.25, 0.3) is 0 Å². The Hall–Kier alpha value is -2.89. The number of aryl methyl sites for hydroxylation is 2. The first kappa shape index (κ1) is 15.6. The van der Waals surface area contributed by atoms with Crippen LogP contribution in [0.3, 0.4) is 0 Å². The summed E-state index contributed by atoms with van der Waals surface area (Å²) in [6.07, 6.45) is 7.91. The van der Waals surface area contributed by atoms with E-state index in [0.717, 1.165) is 42.2 Å². The minimum absolute atomic E-state index is 0.0397. The number of hydrogen-bond donors (Lipinski definition) is 1. The standard InChI is InChI=1S/C19H21N5O/c1-14-11-23-13-16(7-8-18(23)21-14)22-19(25)9-15-10-20-24(12-15)17-5-3-2-4-6-17/h2-6,10-12,16H,7-9,13H2,1H3,(H,22,25)/t16-/m1/s1. The third-order valence-corrected chi connectivity index (χ3v) is 4.50. The summed E-state index contributed by atoms with van der Waals surface area (Å²) in [5.74, 6) is 1.16. The van der Waals surface area contributed by atoms with Crippen molar-refractivity contribution in [2.75, 3.05) is 0 Å². The number of imidazole rings is 1. The molecule has 0 unspecified atom stereocenters. The van der Waals surface area contributed by atoms with Crippen LogP contribution in [0.5, 0.6) is 0 Å². The molecule has 0 aliphatic carbocycles. The lowest BCUT2D eigenvalue weighted by atomic mass is 10.1. The summed E-state index contributed by atoms with van der Waals surface area (Å²) >= 11 is 0. The average Bonchev–Trinajstić information content (AvgIpc) is 3.21. The molecule has 6 nitrogen and oxygen atoms in total. The Morgan fingerprint density at radius 1 is 1.28 bits per heavy atom. The fraction of sp³-hybridized carbons (Fsp3) is 0.316. The van der Waals surface area contributed by atoms with E-state index in [4.69, 9.17) is 0 Å². The molecule has 0 fully saturated rings. The van der Waals surface area contributed by atoms with Gasteiger partial charge in [-0.05, 0) is 31.0 Å². The number of rotatable bonds is 4. The first-order chi connectivity index (χ1) is 12.2. The van der Waals surface area contributed by atoms with E-state index in [-0.39, 0.29) is 11.9 Å². The zero-order valence-electron chi connectivity index (χ0n) is 14.2. The van der Waals surface area contributed by atoms with Gasteiger partial charge in [-0.25, -0.2) is 9.67 Å². The van der Waals surface area contributed by atoms with Crippen molar-refractivity contribution in [2.24, 2.45) is 0 Å². The molecular weight excluding hydrogens is 314 g/mol. The fourth-order valence-electron chi connectivity index (χ4n) is 3.34. The lowest BCUT2D eigenvalue weighted by Gasteiger charge is -2.24. The number of amides is 1. The number of nitrogens with zero attached hydrogens (tertiary/aromatic N) is 4. The van der Waals surface area contributed by atoms with Gasteiger partial charge in [-0.1, -0.05) is 18.2 Å². The molecule has 2 aromatic heterocycles. The summed E-state index contributed by atoms with van der Waals surface area (Å²) in [6.45, 7) is 2.80. The molecule has 3 aromatic rings. The van der Waals surface area contributed by atoms with Crippen molar-refractivity contribution in [3.05, 3.63) is 66.0 Å². The number of hydrogen-bond acceptors (Lipinski definition) is 3. The summed E-state index contributed by atoms with van der Waals surface area (Å²) in [4.78, 5) is 16.9. The molecule has 1 aromatic carbocycles. The Morgan fingerprint density at radius 3 is 2.96 bits per heavy atom. The van der Waals surface area contributed by atoms with Gasteiger partial charge in [0.15, 0.2) is 0 Å². The van der Waals surface area contributed by atoms with Crippen molar-refractivity contribution in [1.29, 1.82) is 0 Å². The van der Waals surface area contributed by atoms with E-state index in [1.807, 2.05) is 43.5 Å². The highest BCUT2D eigenvalue weighted by molar-refractivity contribution is 5.78. The minimum Gasteiger partial charge on any atom is -0.351 e. The van der Waals surface area contributed by atoms with Crippen LogP contribution >= 0.6 is 0 Å². The summed E-state index contributed by atoms with van der Waals surface area (Å²) in [5.41, 5.74) is 2.94. The van der Waals surface area contributed by atoms with Crippen molar-refractivity contribution in [1.82, 2.24) is 24.6 Å². The van der Waals surface area contributed by atoms with E-state index in [9.17, 15) is 4.79 Å². The quantitative estimate of drug-likeness (QED) is 0.794. The predicted octanol–water partition coefficient (Wildman–Crippen LogP) is 2.05. The van der Waals surface area contributed by atoms with Crippen LogP contribution in [0, 0.1) is 6.92 Å². The first-order valence-corrected chi connectivity index (χ1v) is 8.58. The monoisotopic (exact) mass is 335 g/mol. The lowest BCUT2D eigenvalue weighted by molar-refractivity contribution is -0.121. The van der Waals surface area contributed by atoms with Gasteiger partial charge >= 0.3 is 0 Å². The van der Waals surface area contributed by atoms with Crippen molar-refractivity contribution in [3.63, 3.8) is 0 Å². The number of benzene rings is 1. The Morgan fingerprint density at radius 2 is 2.12 bits per heavy atom. The van der Waals surface area contributed by atoms with Gasteiger partial charge in [0.05, 0.1) is 24.0 Å². The number of para-hydroxylation sites is 1. The summed E-state index contributed by atoms with van der Waals surface area (Å²) in [7, 11) is 0. The van der Waals surface area contributed by atoms with Crippen LogP contribution in [0.25, 0.3) is 5.69 Å². The van der Waals surface area contributed by atoms with Gasteiger partial charge in [-0.3, -0.25) is 4.79 Å². The third-order valence-electron chi connectivity index (χ3n) is 4.50. The van der Waals surface area contributed by atoms with Gasteiger partial charge in [-0.2, -0.15) is 5.10 Å². The van der Waals surface area contributed by atoms with Gasteiger partial charge in [0.2, 0.25) is 5.91 Å². The van der Waals surface area contributed by atoms with E-state index in [1.54, 1.807) is 10.9 Å². The van der Waals surface area contributed by atoms with E-state index >= 15 is 0 Å². The second-order valence-corrected chi connectivity index (χ2v) is 6.56. The van der Waals surface area contributed by atoms with E-state index < -0.39 is 0 Å². The molecule has 4 rings (SSSR count). The molecule has 3 heterocycles. The number of fused-ring (bicyclic) bond motifs is 1. The highest BCUT2D eigenvalue weighted by Crippen LogP contribution is 2.15. The largest absolute Gasteiger partial charge is 0.351 e. The highest BCUT2D eigenvalue weighted by atomic mass is 16.1. The molecule has 1 aliphatic heterocycles. The highest BCUT2D eigenvalue weighted by Gasteiger charge is 2.21. The SMILES string of the molecule is Cc1cn2c(n1)CC[C@@H](NC(=O)Cc1cnn(-c3ccccc3)c1)C2. The molecule has 1 aliphatic rings. The maximum Gasteiger partial charge on any atom is 0.224 e. The van der Waals surface area contributed by atoms with Crippen molar-refractivity contribution < 1.29 is 4.79 Å². The second-order valence-electron chi connectivity index (χ2n) is 6.56. The third kappa shape index (κ3) is 3.47. The Kier molecular flexibility index (Phi) is 4.09. The molecule has 0 spiro atoms. The Bertz CT molecular complexity index is 880. The van der Waals surface area contributed by atoms with Gasteiger partial charge in [0, 0.05) is 31.4 Å². The molecule has 0 saturated carbocycles. The lowest BCUT2D eigenvalue weighted by Crippen LogP contribution is -2.41. The predicted molar refractivity (Wildman–Crippen MR) is 94.5 cm³/mol. The molecule has 128 valence electrons. The Balaban J connectivity index is 1.36. The zero-order valence-corrected chi connectivity index (χ0v) is 14.2. The average molecular weight is 335 g/mol. The molecule has 0 radical (unpaired) electrons. The fourth-order valence-corrected chi connectivity index (χ4v) is 3.34. The molecule has 1 atom stereocenters. The van der Waals surface area contributed by atoms with E-state index in [0.29, 0.717) is 6.42 Å². The normalized spacial score (nSPS) is 16.4. The summed E-state index contributed by atoms with van der Waals surface area (Å²) in [6, 6.07) is 10.1. The zero-order chi connectivity index (χ0) is 17.2. The Labute approximate surface area is 146 Å². The smallest absolute Gasteiger partial charge is 0.224 e. The molecule has 25 heavy (non-hydrogen) atoms. The number of carbonyl (C=O) groups is 1. The molecule has 1 amide bonds. The number of nitrogens with one attached hydrogen (secondary N) is 1. The van der Waals surface area contributed by atoms with Crippen molar-refractivity contribution in [2.45, 2.75) is 38.8 Å². The first-order valence-electron chi connectivity index (χ1n) is 8.58. The molecule has 0 bridgehead atoms. The molecule has 6 heteroatoms. The summed E-state index contributed by atoms with van der Waals surface area (Å²) < 4.78 is 3.95. The minimum atomic E-state index is 0.0397. The van der Waals surface area contributed by atoms with Crippen LogP contribution in [-0.2, 0) is 24.2 Å². The molecular formula is C19H21N5O. The van der Waals surface area contributed by atoms with Crippen LogP contribution in [0.15, 0.2) is 48.9 Å². The van der Waals surface area contributed by atoms with Crippen molar-refractivity contribution in [3.8, 4) is 5.69 Å². The van der Waals surface area contributed by atoms with E-state index in [1.165, 1.54) is 0 Å². The summed E-state index contributed by atoms with van der Waals surface area (Å²) in [5, 5.41) is 7.49. The number of aromatic nitrogens is 4. The second kappa shape index (κ2) is 6.55. The van der Waals surface area contributed by atoms with Crippen LogP contribution in [-0.4, -0.2) is 31.3 Å². The van der Waals surface area contributed by atoms with Crippen LogP contribution in [0.4, 0.5) is 0 Å². The van der Waals surface area contributed by atoms with Crippen LogP contribution in [0.1, 0.15) is 23.5 Å². The van der Waals surface area contributed by atoms with Crippen molar-refractivity contribution >= 4 is 5.91 Å².